The summed E-state index contributed by atoms with van der Waals surface area (Å²) in [5.41, 5.74) is -2.32. The first-order chi connectivity index (χ1) is 10.6. The van der Waals surface area contributed by atoms with E-state index in [0.29, 0.717) is 18.6 Å². The molecule has 1 aromatic carbocycles. The molecule has 0 radical (unpaired) electrons. The standard InChI is InChI=1S/C15H19F4NO3/c1-4-8(2)15(3,22)7-20-13(21)11-9(16)5-6-10(12(11)17)23-14(18)19/h5-6,8,14,22H,4,7H2,1-3H3,(H,20,21). The van der Waals surface area contributed by atoms with Crippen LogP contribution in [0.25, 0.3) is 0 Å². The molecule has 2 unspecified atom stereocenters. The number of benzene rings is 1. The van der Waals surface area contributed by atoms with Crippen molar-refractivity contribution in [2.75, 3.05) is 6.54 Å². The number of carbonyl (C=O) groups is 1. The number of hydrogen-bond donors (Lipinski definition) is 2. The molecule has 2 atom stereocenters. The van der Waals surface area contributed by atoms with Crippen LogP contribution in [0.1, 0.15) is 37.6 Å². The Morgan fingerprint density at radius 2 is 2.00 bits per heavy atom. The van der Waals surface area contributed by atoms with Gasteiger partial charge in [0, 0.05) is 6.54 Å². The minimum atomic E-state index is -3.31. The highest BCUT2D eigenvalue weighted by atomic mass is 19.3. The molecular formula is C15H19F4NO3. The highest BCUT2D eigenvalue weighted by molar-refractivity contribution is 5.95. The molecule has 1 aromatic rings. The Labute approximate surface area is 131 Å². The predicted octanol–water partition coefficient (Wildman–Crippen LogP) is 3.09. The molecule has 4 nitrogen and oxygen atoms in total. The number of ether oxygens (including phenoxy) is 1. The number of carbonyl (C=O) groups excluding carboxylic acids is 1. The fourth-order valence-corrected chi connectivity index (χ4v) is 1.89. The summed E-state index contributed by atoms with van der Waals surface area (Å²) in [6.07, 6.45) is 0.628. The lowest BCUT2D eigenvalue weighted by atomic mass is 9.88. The summed E-state index contributed by atoms with van der Waals surface area (Å²) >= 11 is 0. The molecule has 0 aliphatic carbocycles. The van der Waals surface area contributed by atoms with Gasteiger partial charge in [-0.3, -0.25) is 4.79 Å². The monoisotopic (exact) mass is 337 g/mol. The molecule has 1 rings (SSSR count). The van der Waals surface area contributed by atoms with Crippen LogP contribution >= 0.6 is 0 Å². The number of amides is 1. The lowest BCUT2D eigenvalue weighted by Crippen LogP contribution is -2.45. The van der Waals surface area contributed by atoms with E-state index in [9.17, 15) is 27.5 Å². The lowest BCUT2D eigenvalue weighted by molar-refractivity contribution is -0.0523. The largest absolute Gasteiger partial charge is 0.432 e. The maximum atomic E-state index is 14.0. The summed E-state index contributed by atoms with van der Waals surface area (Å²) < 4.78 is 55.8. The topological polar surface area (TPSA) is 58.6 Å². The van der Waals surface area contributed by atoms with Crippen molar-refractivity contribution in [1.29, 1.82) is 0 Å². The third-order valence-corrected chi connectivity index (χ3v) is 3.78. The van der Waals surface area contributed by atoms with Crippen LogP contribution in [0.15, 0.2) is 12.1 Å². The van der Waals surface area contributed by atoms with Gasteiger partial charge in [0.1, 0.15) is 11.4 Å². The van der Waals surface area contributed by atoms with Crippen molar-refractivity contribution in [1.82, 2.24) is 5.32 Å². The van der Waals surface area contributed by atoms with Crippen molar-refractivity contribution < 1.29 is 32.2 Å². The molecule has 1 amide bonds. The van der Waals surface area contributed by atoms with E-state index < -0.39 is 41.1 Å². The minimum absolute atomic E-state index is 0.175. The normalized spacial score (nSPS) is 15.2. The average molecular weight is 337 g/mol. The van der Waals surface area contributed by atoms with Crippen molar-refractivity contribution in [2.24, 2.45) is 5.92 Å². The Hall–Kier alpha value is -1.83. The van der Waals surface area contributed by atoms with Crippen LogP contribution in [0.5, 0.6) is 5.75 Å². The number of halogens is 4. The fourth-order valence-electron chi connectivity index (χ4n) is 1.89. The van der Waals surface area contributed by atoms with Gasteiger partial charge in [-0.25, -0.2) is 8.78 Å². The molecule has 0 saturated carbocycles. The molecule has 0 fully saturated rings. The first-order valence-electron chi connectivity index (χ1n) is 7.03. The predicted molar refractivity (Wildman–Crippen MR) is 75.4 cm³/mol. The maximum Gasteiger partial charge on any atom is 0.387 e. The Kier molecular flexibility index (Phi) is 6.37. The van der Waals surface area contributed by atoms with Crippen LogP contribution in [0, 0.1) is 17.6 Å². The fraction of sp³-hybridized carbons (Fsp3) is 0.533. The smallest absolute Gasteiger partial charge is 0.387 e. The summed E-state index contributed by atoms with van der Waals surface area (Å²) in [5.74, 6) is -5.01. The van der Waals surface area contributed by atoms with Crippen LogP contribution in [-0.2, 0) is 0 Å². The number of alkyl halides is 2. The number of nitrogens with one attached hydrogen (secondary N) is 1. The zero-order valence-corrected chi connectivity index (χ0v) is 13.0. The molecular weight excluding hydrogens is 318 g/mol. The Morgan fingerprint density at radius 3 is 2.52 bits per heavy atom. The van der Waals surface area contributed by atoms with Gasteiger partial charge in [-0.1, -0.05) is 20.3 Å². The van der Waals surface area contributed by atoms with Gasteiger partial charge in [0.25, 0.3) is 5.91 Å². The molecule has 0 spiro atoms. The Balaban J connectivity index is 2.96. The molecule has 2 N–H and O–H groups in total. The zero-order valence-electron chi connectivity index (χ0n) is 13.0. The van der Waals surface area contributed by atoms with Gasteiger partial charge in [0.15, 0.2) is 11.6 Å². The minimum Gasteiger partial charge on any atom is -0.432 e. The van der Waals surface area contributed by atoms with Gasteiger partial charge < -0.3 is 15.2 Å². The van der Waals surface area contributed by atoms with Gasteiger partial charge >= 0.3 is 6.61 Å². The molecule has 0 aromatic heterocycles. The van der Waals surface area contributed by atoms with E-state index >= 15 is 0 Å². The molecule has 0 aliphatic heterocycles. The van der Waals surface area contributed by atoms with Crippen molar-refractivity contribution in [2.45, 2.75) is 39.4 Å². The van der Waals surface area contributed by atoms with Crippen LogP contribution in [0.4, 0.5) is 17.6 Å². The van der Waals surface area contributed by atoms with E-state index in [0.717, 1.165) is 0 Å². The number of aliphatic hydroxyl groups is 1. The molecule has 8 heteroatoms. The molecule has 0 heterocycles. The van der Waals surface area contributed by atoms with Gasteiger partial charge in [-0.05, 0) is 25.0 Å². The summed E-state index contributed by atoms with van der Waals surface area (Å²) in [4.78, 5) is 11.9. The second-order valence-electron chi connectivity index (χ2n) is 5.46. The Bertz CT molecular complexity index is 564. The molecule has 0 aliphatic rings. The quantitative estimate of drug-likeness (QED) is 0.752. The average Bonchev–Trinajstić information content (AvgIpc) is 2.47. The van der Waals surface area contributed by atoms with Crippen LogP contribution in [0.3, 0.4) is 0 Å². The van der Waals surface area contributed by atoms with E-state index in [-0.39, 0.29) is 12.5 Å². The SMILES string of the molecule is CCC(C)C(C)(O)CNC(=O)c1c(F)ccc(OC(F)F)c1F. The molecule has 0 saturated heterocycles. The van der Waals surface area contributed by atoms with Crippen molar-refractivity contribution in [3.05, 3.63) is 29.3 Å². The molecule has 23 heavy (non-hydrogen) atoms. The van der Waals surface area contributed by atoms with Gasteiger partial charge in [-0.2, -0.15) is 8.78 Å². The third kappa shape index (κ3) is 4.82. The van der Waals surface area contributed by atoms with Crippen LogP contribution < -0.4 is 10.1 Å². The van der Waals surface area contributed by atoms with E-state index in [1.54, 1.807) is 6.92 Å². The second-order valence-corrected chi connectivity index (χ2v) is 5.46. The first-order valence-corrected chi connectivity index (χ1v) is 7.03. The summed E-state index contributed by atoms with van der Waals surface area (Å²) in [6.45, 7) is 1.51. The van der Waals surface area contributed by atoms with Crippen molar-refractivity contribution in [3.63, 3.8) is 0 Å². The van der Waals surface area contributed by atoms with E-state index in [1.807, 2.05) is 6.92 Å². The van der Waals surface area contributed by atoms with Gasteiger partial charge in [0.05, 0.1) is 5.60 Å². The maximum absolute atomic E-state index is 14.0. The van der Waals surface area contributed by atoms with Crippen molar-refractivity contribution in [3.8, 4) is 5.75 Å². The van der Waals surface area contributed by atoms with Crippen molar-refractivity contribution >= 4 is 5.91 Å². The third-order valence-electron chi connectivity index (χ3n) is 3.78. The van der Waals surface area contributed by atoms with E-state index in [1.165, 1.54) is 6.92 Å². The molecule has 0 bridgehead atoms. The Morgan fingerprint density at radius 1 is 1.39 bits per heavy atom. The number of rotatable bonds is 7. The van der Waals surface area contributed by atoms with Gasteiger partial charge in [-0.15, -0.1) is 0 Å². The molecule has 130 valence electrons. The van der Waals surface area contributed by atoms with E-state index in [4.69, 9.17) is 0 Å². The van der Waals surface area contributed by atoms with Crippen LogP contribution in [0.2, 0.25) is 0 Å². The highest BCUT2D eigenvalue weighted by Gasteiger charge is 2.29. The van der Waals surface area contributed by atoms with Crippen LogP contribution in [-0.4, -0.2) is 29.8 Å². The lowest BCUT2D eigenvalue weighted by Gasteiger charge is -2.29. The zero-order chi connectivity index (χ0) is 17.8. The van der Waals surface area contributed by atoms with Gasteiger partial charge in [0.2, 0.25) is 0 Å². The number of hydrogen-bond acceptors (Lipinski definition) is 3. The second kappa shape index (κ2) is 7.63. The first kappa shape index (κ1) is 19.2. The summed E-state index contributed by atoms with van der Waals surface area (Å²) in [7, 11) is 0. The highest BCUT2D eigenvalue weighted by Crippen LogP contribution is 2.25. The summed E-state index contributed by atoms with van der Waals surface area (Å²) in [6, 6.07) is 1.32. The van der Waals surface area contributed by atoms with E-state index in [2.05, 4.69) is 10.1 Å². The summed E-state index contributed by atoms with van der Waals surface area (Å²) in [5, 5.41) is 12.4.